The van der Waals surface area contributed by atoms with Crippen molar-refractivity contribution in [2.24, 2.45) is 0 Å². The van der Waals surface area contributed by atoms with Crippen LogP contribution in [-0.4, -0.2) is 15.2 Å². The Morgan fingerprint density at radius 1 is 1.44 bits per heavy atom. The molecule has 0 radical (unpaired) electrons. The number of fused-ring (bicyclic) bond motifs is 1. The molecule has 0 bridgehead atoms. The first-order valence-corrected chi connectivity index (χ1v) is 6.32. The average molecular weight is 232 g/mol. The first-order valence-electron chi connectivity index (χ1n) is 5.44. The van der Waals surface area contributed by atoms with Gasteiger partial charge in [0.1, 0.15) is 0 Å². The van der Waals surface area contributed by atoms with E-state index in [9.17, 15) is 4.79 Å². The van der Waals surface area contributed by atoms with Crippen molar-refractivity contribution < 1.29 is 4.79 Å². The van der Waals surface area contributed by atoms with E-state index in [1.165, 1.54) is 5.57 Å². The van der Waals surface area contributed by atoms with Crippen LogP contribution in [0.1, 0.15) is 25.0 Å². The molecule has 3 nitrogen and oxygen atoms in total. The lowest BCUT2D eigenvalue weighted by molar-refractivity contribution is -0.115. The molecule has 0 saturated carbocycles. The number of ketones is 1. The molecule has 3 rings (SSSR count). The van der Waals surface area contributed by atoms with E-state index in [2.05, 4.69) is 4.98 Å². The lowest BCUT2D eigenvalue weighted by atomic mass is 9.95. The number of nitrogens with zero attached hydrogens (tertiary/aromatic N) is 2. The van der Waals surface area contributed by atoms with E-state index < -0.39 is 0 Å². The summed E-state index contributed by atoms with van der Waals surface area (Å²) >= 11 is 1.64. The lowest BCUT2D eigenvalue weighted by Gasteiger charge is -2.09. The smallest absolute Gasteiger partial charge is 0.193 e. The van der Waals surface area contributed by atoms with E-state index in [0.29, 0.717) is 6.42 Å². The Morgan fingerprint density at radius 3 is 3.19 bits per heavy atom. The zero-order valence-corrected chi connectivity index (χ0v) is 9.67. The van der Waals surface area contributed by atoms with Gasteiger partial charge >= 0.3 is 0 Å². The SMILES string of the molecule is O=C1C=C(Cc2cn3ccsc3n2)CCC1. The fourth-order valence-corrected chi connectivity index (χ4v) is 2.81. The fraction of sp³-hybridized carbons (Fsp3) is 0.333. The number of aromatic nitrogens is 2. The van der Waals surface area contributed by atoms with Crippen molar-refractivity contribution in [1.82, 2.24) is 9.38 Å². The average Bonchev–Trinajstić information content (AvgIpc) is 2.77. The number of imidazole rings is 1. The molecule has 0 amide bonds. The second-order valence-corrected chi connectivity index (χ2v) is 5.00. The summed E-state index contributed by atoms with van der Waals surface area (Å²) in [6, 6.07) is 0. The highest BCUT2D eigenvalue weighted by Crippen LogP contribution is 2.20. The highest BCUT2D eigenvalue weighted by atomic mass is 32.1. The zero-order valence-electron chi connectivity index (χ0n) is 8.85. The Balaban J connectivity index is 1.84. The molecule has 1 aliphatic rings. The van der Waals surface area contributed by atoms with Gasteiger partial charge in [-0.25, -0.2) is 4.98 Å². The molecule has 0 aromatic carbocycles. The van der Waals surface area contributed by atoms with Crippen LogP contribution >= 0.6 is 11.3 Å². The summed E-state index contributed by atoms with van der Waals surface area (Å²) in [4.78, 5) is 16.8. The molecule has 82 valence electrons. The number of hydrogen-bond acceptors (Lipinski definition) is 3. The first-order chi connectivity index (χ1) is 7.81. The van der Waals surface area contributed by atoms with Crippen molar-refractivity contribution in [1.29, 1.82) is 0 Å². The molecular weight excluding hydrogens is 220 g/mol. The van der Waals surface area contributed by atoms with Gasteiger partial charge in [-0.2, -0.15) is 0 Å². The summed E-state index contributed by atoms with van der Waals surface area (Å²) in [5, 5.41) is 2.02. The van der Waals surface area contributed by atoms with Gasteiger partial charge < -0.3 is 0 Å². The van der Waals surface area contributed by atoms with Crippen molar-refractivity contribution in [3.05, 3.63) is 35.1 Å². The minimum Gasteiger partial charge on any atom is -0.297 e. The zero-order chi connectivity index (χ0) is 11.0. The second kappa shape index (κ2) is 3.87. The molecule has 0 saturated heterocycles. The standard InChI is InChI=1S/C12H12N2OS/c15-11-3-1-2-9(7-11)6-10-8-14-4-5-16-12(14)13-10/h4-5,7-8H,1-3,6H2. The maximum absolute atomic E-state index is 11.3. The molecule has 0 fully saturated rings. The molecular formula is C12H12N2OS. The fourth-order valence-electron chi connectivity index (χ4n) is 2.10. The number of carbonyl (C=O) groups excluding carboxylic acids is 1. The number of carbonyl (C=O) groups is 1. The minimum atomic E-state index is 0.266. The van der Waals surface area contributed by atoms with Gasteiger partial charge in [0.2, 0.25) is 0 Å². The normalized spacial score (nSPS) is 16.8. The summed E-state index contributed by atoms with van der Waals surface area (Å²) in [5.41, 5.74) is 2.29. The molecule has 0 unspecified atom stereocenters. The van der Waals surface area contributed by atoms with Crippen LogP contribution in [0.5, 0.6) is 0 Å². The van der Waals surface area contributed by atoms with Crippen LogP contribution in [0.15, 0.2) is 29.4 Å². The van der Waals surface area contributed by atoms with E-state index in [-0.39, 0.29) is 5.78 Å². The molecule has 0 aliphatic heterocycles. The Kier molecular flexibility index (Phi) is 2.36. The van der Waals surface area contributed by atoms with Gasteiger partial charge in [-0.15, -0.1) is 11.3 Å². The van der Waals surface area contributed by atoms with Crippen molar-refractivity contribution in [3.8, 4) is 0 Å². The third-order valence-corrected chi connectivity index (χ3v) is 3.61. The monoisotopic (exact) mass is 232 g/mol. The molecule has 2 aromatic rings. The Morgan fingerprint density at radius 2 is 2.38 bits per heavy atom. The molecule has 0 atom stereocenters. The predicted molar refractivity (Wildman–Crippen MR) is 63.7 cm³/mol. The molecule has 4 heteroatoms. The summed E-state index contributed by atoms with van der Waals surface area (Å²) in [6.07, 6.45) is 9.42. The first kappa shape index (κ1) is 9.78. The van der Waals surface area contributed by atoms with Crippen molar-refractivity contribution >= 4 is 22.1 Å². The molecule has 2 aromatic heterocycles. The molecule has 1 aliphatic carbocycles. The van der Waals surface area contributed by atoms with E-state index >= 15 is 0 Å². The van der Waals surface area contributed by atoms with Gasteiger partial charge in [0.05, 0.1) is 5.69 Å². The minimum absolute atomic E-state index is 0.266. The van der Waals surface area contributed by atoms with Gasteiger partial charge in [0.25, 0.3) is 0 Å². The number of allylic oxidation sites excluding steroid dienone is 2. The Hall–Kier alpha value is -1.42. The molecule has 2 heterocycles. The lowest BCUT2D eigenvalue weighted by Crippen LogP contribution is -2.04. The highest BCUT2D eigenvalue weighted by Gasteiger charge is 2.12. The summed E-state index contributed by atoms with van der Waals surface area (Å²) in [7, 11) is 0. The van der Waals surface area contributed by atoms with Gasteiger partial charge in [-0.3, -0.25) is 9.20 Å². The van der Waals surface area contributed by atoms with Crippen LogP contribution in [0.25, 0.3) is 4.96 Å². The number of rotatable bonds is 2. The second-order valence-electron chi connectivity index (χ2n) is 4.12. The van der Waals surface area contributed by atoms with E-state index in [4.69, 9.17) is 0 Å². The largest absolute Gasteiger partial charge is 0.297 e. The summed E-state index contributed by atoms with van der Waals surface area (Å²) < 4.78 is 2.03. The Labute approximate surface area is 97.4 Å². The van der Waals surface area contributed by atoms with Crippen LogP contribution in [0.4, 0.5) is 0 Å². The maximum atomic E-state index is 11.3. The van der Waals surface area contributed by atoms with Crippen LogP contribution in [0.3, 0.4) is 0 Å². The van der Waals surface area contributed by atoms with E-state index in [1.807, 2.05) is 22.2 Å². The molecule has 0 N–H and O–H groups in total. The topological polar surface area (TPSA) is 34.4 Å². The van der Waals surface area contributed by atoms with Crippen LogP contribution in [0, 0.1) is 0 Å². The van der Waals surface area contributed by atoms with Crippen LogP contribution < -0.4 is 0 Å². The molecule has 0 spiro atoms. The third-order valence-electron chi connectivity index (χ3n) is 2.84. The Bertz CT molecular complexity index is 536. The third kappa shape index (κ3) is 1.80. The van der Waals surface area contributed by atoms with Gasteiger partial charge in [-0.1, -0.05) is 5.57 Å². The predicted octanol–water partition coefficient (Wildman–Crippen LogP) is 2.62. The van der Waals surface area contributed by atoms with Crippen molar-refractivity contribution in [3.63, 3.8) is 0 Å². The summed E-state index contributed by atoms with van der Waals surface area (Å²) in [6.45, 7) is 0. The van der Waals surface area contributed by atoms with Gasteiger partial charge in [0, 0.05) is 30.6 Å². The van der Waals surface area contributed by atoms with Gasteiger partial charge in [0.15, 0.2) is 10.7 Å². The number of thiazole rings is 1. The van der Waals surface area contributed by atoms with E-state index in [1.54, 1.807) is 17.4 Å². The van der Waals surface area contributed by atoms with Crippen LogP contribution in [0.2, 0.25) is 0 Å². The quantitative estimate of drug-likeness (QED) is 0.797. The maximum Gasteiger partial charge on any atom is 0.193 e. The molecule has 16 heavy (non-hydrogen) atoms. The van der Waals surface area contributed by atoms with Crippen LogP contribution in [-0.2, 0) is 11.2 Å². The highest BCUT2D eigenvalue weighted by molar-refractivity contribution is 7.15. The number of hydrogen-bond donors (Lipinski definition) is 0. The van der Waals surface area contributed by atoms with Crippen molar-refractivity contribution in [2.75, 3.05) is 0 Å². The van der Waals surface area contributed by atoms with Crippen molar-refractivity contribution in [2.45, 2.75) is 25.7 Å². The summed E-state index contributed by atoms with van der Waals surface area (Å²) in [5.74, 6) is 0.266. The van der Waals surface area contributed by atoms with E-state index in [0.717, 1.165) is 29.9 Å². The van der Waals surface area contributed by atoms with Gasteiger partial charge in [-0.05, 0) is 18.9 Å².